The van der Waals surface area contributed by atoms with Crippen LogP contribution in [0.5, 0.6) is 0 Å². The molecule has 8 nitrogen and oxygen atoms in total. The summed E-state index contributed by atoms with van der Waals surface area (Å²) in [5.41, 5.74) is 2.87. The summed E-state index contributed by atoms with van der Waals surface area (Å²) >= 11 is 6.14. The summed E-state index contributed by atoms with van der Waals surface area (Å²) in [6, 6.07) is 18.5. The minimum atomic E-state index is -3.84. The van der Waals surface area contributed by atoms with Crippen molar-refractivity contribution in [3.63, 3.8) is 0 Å². The highest BCUT2D eigenvalue weighted by Crippen LogP contribution is 2.32. The summed E-state index contributed by atoms with van der Waals surface area (Å²) in [5.74, 6) is -0.472. The highest BCUT2D eigenvalue weighted by Gasteiger charge is 2.29. The third-order valence-electron chi connectivity index (χ3n) is 5.62. The molecule has 0 fully saturated rings. The number of para-hydroxylation sites is 1. The molecule has 0 saturated heterocycles. The van der Waals surface area contributed by atoms with Gasteiger partial charge in [0.1, 0.15) is 12.7 Å². The van der Waals surface area contributed by atoms with Crippen molar-refractivity contribution >= 4 is 38.9 Å². The van der Waals surface area contributed by atoms with Gasteiger partial charge in [0, 0.05) is 17.1 Å². The van der Waals surface area contributed by atoms with E-state index in [1.54, 1.807) is 30.3 Å². The third kappa shape index (κ3) is 4.15. The van der Waals surface area contributed by atoms with Crippen LogP contribution in [-0.4, -0.2) is 35.6 Å². The molecule has 0 atom stereocenters. The van der Waals surface area contributed by atoms with E-state index in [2.05, 4.69) is 15.4 Å². The molecule has 1 aliphatic rings. The van der Waals surface area contributed by atoms with Crippen molar-refractivity contribution in [2.24, 2.45) is 0 Å². The highest BCUT2D eigenvalue weighted by molar-refractivity contribution is 7.92. The average Bonchev–Trinajstić information content (AvgIpc) is 3.38. The average molecular weight is 494 g/mol. The van der Waals surface area contributed by atoms with Gasteiger partial charge in [0.2, 0.25) is 0 Å². The predicted octanol–water partition coefficient (Wildman–Crippen LogP) is 4.31. The standard InChI is InChI=1S/C24H20ClN5O3S/c25-19-10-11-23(29-16-26-15-27-29)21(14-19)28-24(31)18-6-3-8-20(13-18)34(32,33)30-12-4-7-17-5-1-2-9-22(17)30/h1-3,5-6,8-11,13-16H,4,7,12H2,(H,28,31). The fraction of sp³-hybridized carbons (Fsp3) is 0.125. The fourth-order valence-corrected chi connectivity index (χ4v) is 5.77. The Labute approximate surface area is 201 Å². The minimum absolute atomic E-state index is 0.0550. The van der Waals surface area contributed by atoms with Gasteiger partial charge >= 0.3 is 0 Å². The molecular formula is C24H20ClN5O3S. The Hall–Kier alpha value is -3.69. The van der Waals surface area contributed by atoms with Crippen LogP contribution < -0.4 is 9.62 Å². The minimum Gasteiger partial charge on any atom is -0.320 e. The number of nitrogens with one attached hydrogen (secondary N) is 1. The van der Waals surface area contributed by atoms with E-state index in [1.807, 2.05) is 24.3 Å². The third-order valence-corrected chi connectivity index (χ3v) is 7.67. The van der Waals surface area contributed by atoms with Gasteiger partial charge in [0.25, 0.3) is 15.9 Å². The van der Waals surface area contributed by atoms with Crippen LogP contribution in [0.3, 0.4) is 0 Å². The summed E-state index contributed by atoms with van der Waals surface area (Å²) in [6.07, 6.45) is 4.45. The monoisotopic (exact) mass is 493 g/mol. The number of halogens is 1. The lowest BCUT2D eigenvalue weighted by Gasteiger charge is -2.30. The molecule has 1 amide bonds. The summed E-state index contributed by atoms with van der Waals surface area (Å²) < 4.78 is 29.9. The van der Waals surface area contributed by atoms with E-state index >= 15 is 0 Å². The van der Waals surface area contributed by atoms with Gasteiger partial charge in [-0.3, -0.25) is 9.10 Å². The summed E-state index contributed by atoms with van der Waals surface area (Å²) in [4.78, 5) is 17.1. The summed E-state index contributed by atoms with van der Waals surface area (Å²) in [5, 5.41) is 7.34. The van der Waals surface area contributed by atoms with Gasteiger partial charge in [0.05, 0.1) is 22.0 Å². The van der Waals surface area contributed by atoms with Crippen molar-refractivity contribution in [1.82, 2.24) is 14.8 Å². The van der Waals surface area contributed by atoms with Crippen molar-refractivity contribution in [3.8, 4) is 5.69 Å². The molecule has 1 aliphatic heterocycles. The summed E-state index contributed by atoms with van der Waals surface area (Å²) in [7, 11) is -3.84. The number of aromatic nitrogens is 3. The molecule has 172 valence electrons. The number of nitrogens with zero attached hydrogens (tertiary/aromatic N) is 4. The second kappa shape index (κ2) is 8.92. The van der Waals surface area contributed by atoms with Gasteiger partial charge in [-0.05, 0) is 60.9 Å². The normalized spacial score (nSPS) is 13.4. The Morgan fingerprint density at radius 1 is 1.00 bits per heavy atom. The first-order chi connectivity index (χ1) is 16.4. The molecule has 2 heterocycles. The number of anilines is 2. The molecule has 34 heavy (non-hydrogen) atoms. The number of hydrogen-bond donors (Lipinski definition) is 1. The highest BCUT2D eigenvalue weighted by atomic mass is 35.5. The van der Waals surface area contributed by atoms with Crippen LogP contribution in [0.25, 0.3) is 5.69 Å². The van der Waals surface area contributed by atoms with Crippen molar-refractivity contribution in [2.45, 2.75) is 17.7 Å². The van der Waals surface area contributed by atoms with Gasteiger partial charge in [-0.1, -0.05) is 35.9 Å². The van der Waals surface area contributed by atoms with Crippen LogP contribution in [0.2, 0.25) is 5.02 Å². The van der Waals surface area contributed by atoms with E-state index in [-0.39, 0.29) is 10.5 Å². The smallest absolute Gasteiger partial charge is 0.264 e. The van der Waals surface area contributed by atoms with E-state index in [0.29, 0.717) is 28.6 Å². The first kappa shape index (κ1) is 22.1. The number of carbonyl (C=O) groups is 1. The zero-order valence-electron chi connectivity index (χ0n) is 17.9. The van der Waals surface area contributed by atoms with Crippen LogP contribution in [-0.2, 0) is 16.4 Å². The van der Waals surface area contributed by atoms with E-state index in [1.165, 1.54) is 33.8 Å². The molecule has 0 bridgehead atoms. The lowest BCUT2D eigenvalue weighted by molar-refractivity contribution is 0.102. The van der Waals surface area contributed by atoms with E-state index in [9.17, 15) is 13.2 Å². The van der Waals surface area contributed by atoms with Crippen LogP contribution in [0.1, 0.15) is 22.3 Å². The Morgan fingerprint density at radius 3 is 2.68 bits per heavy atom. The Balaban J connectivity index is 1.46. The van der Waals surface area contributed by atoms with Gasteiger partial charge in [0.15, 0.2) is 0 Å². The van der Waals surface area contributed by atoms with E-state index < -0.39 is 15.9 Å². The zero-order chi connectivity index (χ0) is 23.7. The molecule has 5 rings (SSSR count). The van der Waals surface area contributed by atoms with Crippen LogP contribution >= 0.6 is 11.6 Å². The maximum Gasteiger partial charge on any atom is 0.264 e. The number of hydrogen-bond acceptors (Lipinski definition) is 5. The van der Waals surface area contributed by atoms with Crippen LogP contribution in [0, 0.1) is 0 Å². The number of rotatable bonds is 5. The first-order valence-corrected chi connectivity index (χ1v) is 12.4. The molecule has 1 aromatic heterocycles. The molecule has 0 radical (unpaired) electrons. The SMILES string of the molecule is O=C(Nc1cc(Cl)ccc1-n1cncn1)c1cccc(S(=O)(=O)N2CCCc3ccccc32)c1. The molecule has 1 N–H and O–H groups in total. The maximum atomic E-state index is 13.5. The predicted molar refractivity (Wildman–Crippen MR) is 130 cm³/mol. The second-order valence-electron chi connectivity index (χ2n) is 7.79. The van der Waals surface area contributed by atoms with Crippen molar-refractivity contribution in [1.29, 1.82) is 0 Å². The molecule has 0 unspecified atom stereocenters. The number of benzene rings is 3. The lowest BCUT2D eigenvalue weighted by atomic mass is 10.0. The number of fused-ring (bicyclic) bond motifs is 1. The molecule has 0 spiro atoms. The first-order valence-electron chi connectivity index (χ1n) is 10.6. The topological polar surface area (TPSA) is 97.2 Å². The number of aryl methyl sites for hydroxylation is 1. The van der Waals surface area contributed by atoms with Crippen molar-refractivity contribution in [2.75, 3.05) is 16.2 Å². The Morgan fingerprint density at radius 2 is 1.85 bits per heavy atom. The Kier molecular flexibility index (Phi) is 5.80. The Bertz CT molecular complexity index is 1470. The number of carbonyl (C=O) groups excluding carboxylic acids is 1. The molecular weight excluding hydrogens is 474 g/mol. The second-order valence-corrected chi connectivity index (χ2v) is 10.1. The molecule has 0 aliphatic carbocycles. The van der Waals surface area contributed by atoms with Crippen LogP contribution in [0.15, 0.2) is 84.3 Å². The zero-order valence-corrected chi connectivity index (χ0v) is 19.5. The van der Waals surface area contributed by atoms with Crippen LogP contribution in [0.4, 0.5) is 11.4 Å². The largest absolute Gasteiger partial charge is 0.320 e. The molecule has 4 aromatic rings. The van der Waals surface area contributed by atoms with Crippen molar-refractivity contribution in [3.05, 3.63) is 95.5 Å². The molecule has 3 aromatic carbocycles. The van der Waals surface area contributed by atoms with Gasteiger partial charge in [-0.2, -0.15) is 5.10 Å². The molecule has 10 heteroatoms. The van der Waals surface area contributed by atoms with Gasteiger partial charge in [-0.25, -0.2) is 18.1 Å². The van der Waals surface area contributed by atoms with E-state index in [4.69, 9.17) is 11.6 Å². The lowest BCUT2D eigenvalue weighted by Crippen LogP contribution is -2.35. The van der Waals surface area contributed by atoms with Crippen molar-refractivity contribution < 1.29 is 13.2 Å². The van der Waals surface area contributed by atoms with Gasteiger partial charge < -0.3 is 5.32 Å². The maximum absolute atomic E-state index is 13.5. The fourth-order valence-electron chi connectivity index (χ4n) is 4.01. The van der Waals surface area contributed by atoms with E-state index in [0.717, 1.165) is 18.4 Å². The quantitative estimate of drug-likeness (QED) is 0.446. The number of amides is 1. The molecule has 0 saturated carbocycles. The number of sulfonamides is 1. The van der Waals surface area contributed by atoms with Gasteiger partial charge in [-0.15, -0.1) is 0 Å². The summed E-state index contributed by atoms with van der Waals surface area (Å²) in [6.45, 7) is 0.388.